The minimum atomic E-state index is -0.576. The van der Waals surface area contributed by atoms with E-state index < -0.39 is 11.0 Å². The first-order chi connectivity index (χ1) is 8.13. The van der Waals surface area contributed by atoms with Gasteiger partial charge in [-0.2, -0.15) is 4.98 Å². The maximum Gasteiger partial charge on any atom is 0.352 e. The van der Waals surface area contributed by atoms with Crippen molar-refractivity contribution >= 4 is 5.69 Å². The Morgan fingerprint density at radius 1 is 1.65 bits per heavy atom. The Bertz CT molecular complexity index is 434. The van der Waals surface area contributed by atoms with Crippen LogP contribution in [0.15, 0.2) is 6.33 Å². The lowest BCUT2D eigenvalue weighted by molar-refractivity contribution is -0.387. The lowest BCUT2D eigenvalue weighted by Gasteiger charge is -2.09. The number of methoxy groups -OCH3 is 1. The lowest BCUT2D eigenvalue weighted by Crippen LogP contribution is -2.15. The fourth-order valence-corrected chi connectivity index (χ4v) is 1.72. The van der Waals surface area contributed by atoms with E-state index in [9.17, 15) is 15.2 Å². The van der Waals surface area contributed by atoms with E-state index in [2.05, 4.69) is 9.97 Å². The second-order valence-corrected chi connectivity index (χ2v) is 4.04. The molecule has 0 bridgehead atoms. The predicted molar refractivity (Wildman–Crippen MR) is 57.7 cm³/mol. The van der Waals surface area contributed by atoms with Gasteiger partial charge in [-0.05, 0) is 18.8 Å². The number of aliphatic hydroxyl groups excluding tert-OH is 1. The van der Waals surface area contributed by atoms with Crippen molar-refractivity contribution in [3.63, 3.8) is 0 Å². The number of ether oxygens (including phenoxy) is 1. The molecule has 1 saturated carbocycles. The Hall–Kier alpha value is -1.76. The number of nitrogens with zero attached hydrogens (tertiary/aromatic N) is 3. The number of aliphatic hydroxyl groups is 1. The molecule has 0 saturated heterocycles. The highest BCUT2D eigenvalue weighted by Gasteiger charge is 2.33. The number of nitro groups is 1. The summed E-state index contributed by atoms with van der Waals surface area (Å²) in [6.07, 6.45) is 2.74. The second kappa shape index (κ2) is 4.62. The van der Waals surface area contributed by atoms with Crippen molar-refractivity contribution in [1.82, 2.24) is 9.97 Å². The van der Waals surface area contributed by atoms with Gasteiger partial charge in [-0.3, -0.25) is 10.1 Å². The van der Waals surface area contributed by atoms with Crippen LogP contribution in [-0.2, 0) is 6.42 Å². The van der Waals surface area contributed by atoms with Gasteiger partial charge in [0, 0.05) is 6.42 Å². The van der Waals surface area contributed by atoms with Crippen LogP contribution in [0, 0.1) is 16.0 Å². The van der Waals surface area contributed by atoms with Gasteiger partial charge in [0.25, 0.3) is 5.88 Å². The van der Waals surface area contributed by atoms with Gasteiger partial charge in [0.2, 0.25) is 0 Å². The van der Waals surface area contributed by atoms with Crippen LogP contribution >= 0.6 is 0 Å². The Morgan fingerprint density at radius 3 is 2.88 bits per heavy atom. The molecular formula is C10H13N3O4. The Morgan fingerprint density at radius 2 is 2.35 bits per heavy atom. The highest BCUT2D eigenvalue weighted by Crippen LogP contribution is 2.35. The van der Waals surface area contributed by atoms with Crippen molar-refractivity contribution < 1.29 is 14.8 Å². The molecule has 1 atom stereocenters. The molecule has 1 aromatic rings. The molecule has 0 radical (unpaired) electrons. The van der Waals surface area contributed by atoms with Gasteiger partial charge in [0.15, 0.2) is 0 Å². The Kier molecular flexibility index (Phi) is 3.19. The molecule has 1 fully saturated rings. The van der Waals surface area contributed by atoms with Crippen LogP contribution in [0.1, 0.15) is 18.5 Å². The summed E-state index contributed by atoms with van der Waals surface area (Å²) in [7, 11) is 1.32. The van der Waals surface area contributed by atoms with Crippen LogP contribution in [0.2, 0.25) is 0 Å². The number of rotatable bonds is 5. The van der Waals surface area contributed by atoms with Crippen LogP contribution in [-0.4, -0.2) is 33.2 Å². The maximum absolute atomic E-state index is 10.9. The van der Waals surface area contributed by atoms with Gasteiger partial charge in [0.05, 0.1) is 18.1 Å². The SMILES string of the molecule is COc1ncnc(CC(O)C2CC2)c1[N+](=O)[O-]. The standard InChI is InChI=1S/C10H13N3O4/c1-17-10-9(13(15)16)7(11-5-12-10)4-8(14)6-2-3-6/h5-6,8,14H,2-4H2,1H3. The molecule has 0 amide bonds. The largest absolute Gasteiger partial charge is 0.476 e. The fourth-order valence-electron chi connectivity index (χ4n) is 1.72. The third-order valence-electron chi connectivity index (χ3n) is 2.81. The molecule has 0 aliphatic heterocycles. The average molecular weight is 239 g/mol. The first kappa shape index (κ1) is 11.7. The fraction of sp³-hybridized carbons (Fsp3) is 0.600. The minimum absolute atomic E-state index is 0.0667. The molecule has 1 aromatic heterocycles. The molecule has 92 valence electrons. The quantitative estimate of drug-likeness (QED) is 0.600. The van der Waals surface area contributed by atoms with E-state index in [4.69, 9.17) is 4.74 Å². The van der Waals surface area contributed by atoms with Crippen molar-refractivity contribution in [2.24, 2.45) is 5.92 Å². The summed E-state index contributed by atoms with van der Waals surface area (Å²) in [6.45, 7) is 0. The highest BCUT2D eigenvalue weighted by atomic mass is 16.6. The van der Waals surface area contributed by atoms with E-state index in [1.165, 1.54) is 13.4 Å². The van der Waals surface area contributed by atoms with Crippen molar-refractivity contribution in [1.29, 1.82) is 0 Å². The van der Waals surface area contributed by atoms with E-state index in [1.807, 2.05) is 0 Å². The zero-order valence-corrected chi connectivity index (χ0v) is 9.37. The molecule has 17 heavy (non-hydrogen) atoms. The normalized spacial score (nSPS) is 16.6. The van der Waals surface area contributed by atoms with E-state index >= 15 is 0 Å². The topological polar surface area (TPSA) is 98.4 Å². The Balaban J connectivity index is 2.27. The van der Waals surface area contributed by atoms with Crippen molar-refractivity contribution in [3.05, 3.63) is 22.1 Å². The maximum atomic E-state index is 10.9. The number of aromatic nitrogens is 2. The molecule has 1 heterocycles. The summed E-state index contributed by atoms with van der Waals surface area (Å²) >= 11 is 0. The van der Waals surface area contributed by atoms with Crippen molar-refractivity contribution in [2.75, 3.05) is 7.11 Å². The summed E-state index contributed by atoms with van der Waals surface area (Å²) in [5.41, 5.74) is -0.0315. The zero-order valence-electron chi connectivity index (χ0n) is 9.37. The van der Waals surface area contributed by atoms with Crippen LogP contribution in [0.4, 0.5) is 5.69 Å². The highest BCUT2D eigenvalue weighted by molar-refractivity contribution is 5.44. The number of hydrogen-bond donors (Lipinski definition) is 1. The van der Waals surface area contributed by atoms with Gasteiger partial charge >= 0.3 is 5.69 Å². The van der Waals surface area contributed by atoms with Gasteiger partial charge < -0.3 is 9.84 Å². The first-order valence-corrected chi connectivity index (χ1v) is 5.33. The molecule has 7 heteroatoms. The predicted octanol–water partition coefficient (Wildman–Crippen LogP) is 0.707. The van der Waals surface area contributed by atoms with Crippen molar-refractivity contribution in [2.45, 2.75) is 25.4 Å². The molecule has 2 rings (SSSR count). The van der Waals surface area contributed by atoms with E-state index in [0.717, 1.165) is 12.8 Å². The molecule has 1 unspecified atom stereocenters. The molecule has 0 aromatic carbocycles. The molecule has 1 N–H and O–H groups in total. The van der Waals surface area contributed by atoms with E-state index in [-0.39, 0.29) is 29.6 Å². The molecule has 1 aliphatic carbocycles. The second-order valence-electron chi connectivity index (χ2n) is 4.04. The third kappa shape index (κ3) is 2.50. The molecule has 0 spiro atoms. The molecule has 1 aliphatic rings. The van der Waals surface area contributed by atoms with Crippen LogP contribution < -0.4 is 4.74 Å². The van der Waals surface area contributed by atoms with Crippen LogP contribution in [0.3, 0.4) is 0 Å². The summed E-state index contributed by atoms with van der Waals surface area (Å²) < 4.78 is 4.83. The van der Waals surface area contributed by atoms with Crippen LogP contribution in [0.25, 0.3) is 0 Å². The van der Waals surface area contributed by atoms with Crippen LogP contribution in [0.5, 0.6) is 5.88 Å². The minimum Gasteiger partial charge on any atom is -0.476 e. The summed E-state index contributed by atoms with van der Waals surface area (Å²) in [5, 5.41) is 20.7. The number of hydrogen-bond acceptors (Lipinski definition) is 6. The summed E-state index contributed by atoms with van der Waals surface area (Å²) in [5.74, 6) is 0.179. The lowest BCUT2D eigenvalue weighted by atomic mass is 10.1. The van der Waals surface area contributed by atoms with Gasteiger partial charge in [-0.1, -0.05) is 0 Å². The van der Waals surface area contributed by atoms with E-state index in [0.29, 0.717) is 0 Å². The van der Waals surface area contributed by atoms with Gasteiger partial charge in [-0.15, -0.1) is 0 Å². The van der Waals surface area contributed by atoms with Gasteiger partial charge in [0.1, 0.15) is 12.0 Å². The van der Waals surface area contributed by atoms with Crippen molar-refractivity contribution in [3.8, 4) is 5.88 Å². The van der Waals surface area contributed by atoms with Gasteiger partial charge in [-0.25, -0.2) is 4.98 Å². The third-order valence-corrected chi connectivity index (χ3v) is 2.81. The smallest absolute Gasteiger partial charge is 0.352 e. The average Bonchev–Trinajstić information content (AvgIpc) is 3.11. The zero-order chi connectivity index (χ0) is 12.4. The Labute approximate surface area is 97.6 Å². The summed E-state index contributed by atoms with van der Waals surface area (Å²) in [4.78, 5) is 17.9. The molecular weight excluding hydrogens is 226 g/mol. The monoisotopic (exact) mass is 239 g/mol. The molecule has 7 nitrogen and oxygen atoms in total. The van der Waals surface area contributed by atoms with E-state index in [1.54, 1.807) is 0 Å². The summed E-state index contributed by atoms with van der Waals surface area (Å²) in [6, 6.07) is 0. The first-order valence-electron chi connectivity index (χ1n) is 5.33.